The molecule has 1 amide bonds. The molecule has 0 saturated carbocycles. The molecule has 0 aliphatic heterocycles. The van der Waals surface area contributed by atoms with Crippen molar-refractivity contribution in [1.82, 2.24) is 5.32 Å². The molecule has 0 heterocycles. The third kappa shape index (κ3) is 5.43. The molecule has 0 spiro atoms. The first-order valence-corrected chi connectivity index (χ1v) is 6.53. The first-order valence-electron chi connectivity index (χ1n) is 6.15. The van der Waals surface area contributed by atoms with Crippen LogP contribution in [-0.4, -0.2) is 32.2 Å². The van der Waals surface area contributed by atoms with Crippen LogP contribution in [-0.2, 0) is 15.7 Å². The van der Waals surface area contributed by atoms with E-state index in [9.17, 15) is 18.0 Å². The van der Waals surface area contributed by atoms with E-state index in [0.717, 1.165) is 12.1 Å². The zero-order valence-corrected chi connectivity index (χ0v) is 12.3. The smallest absolute Gasteiger partial charge is 0.383 e. The summed E-state index contributed by atoms with van der Waals surface area (Å²) in [5.41, 5.74) is -0.575. The summed E-state index contributed by atoms with van der Waals surface area (Å²) in [6.45, 7) is 2.30. The molecule has 1 aromatic rings. The number of hydrogen-bond acceptors (Lipinski definition) is 3. The van der Waals surface area contributed by atoms with Crippen LogP contribution < -0.4 is 10.6 Å². The van der Waals surface area contributed by atoms with Crippen molar-refractivity contribution in [2.24, 2.45) is 0 Å². The van der Waals surface area contributed by atoms with Crippen LogP contribution in [0.4, 0.5) is 18.9 Å². The second kappa shape index (κ2) is 7.51. The van der Waals surface area contributed by atoms with Gasteiger partial charge < -0.3 is 15.4 Å². The average molecular weight is 325 g/mol. The van der Waals surface area contributed by atoms with E-state index in [1.807, 2.05) is 0 Å². The number of ether oxygens (including phenoxy) is 1. The second-order valence-corrected chi connectivity index (χ2v) is 4.75. The molecule has 1 unspecified atom stereocenters. The zero-order valence-electron chi connectivity index (χ0n) is 11.6. The Labute approximate surface area is 125 Å². The van der Waals surface area contributed by atoms with Crippen molar-refractivity contribution >= 4 is 23.2 Å². The lowest BCUT2D eigenvalue weighted by Crippen LogP contribution is -2.39. The molecule has 0 saturated heterocycles. The van der Waals surface area contributed by atoms with Crippen molar-refractivity contribution in [3.05, 3.63) is 28.8 Å². The van der Waals surface area contributed by atoms with Gasteiger partial charge in [-0.3, -0.25) is 4.79 Å². The van der Waals surface area contributed by atoms with Gasteiger partial charge in [-0.25, -0.2) is 0 Å². The molecular formula is C13H16ClF3N2O2. The Hall–Kier alpha value is -1.47. The summed E-state index contributed by atoms with van der Waals surface area (Å²) in [6, 6.07) is 2.28. The lowest BCUT2D eigenvalue weighted by molar-refractivity contribution is -0.137. The van der Waals surface area contributed by atoms with E-state index >= 15 is 0 Å². The van der Waals surface area contributed by atoms with Gasteiger partial charge in [0.05, 0.1) is 22.9 Å². The van der Waals surface area contributed by atoms with Crippen LogP contribution in [0.25, 0.3) is 0 Å². The maximum Gasteiger partial charge on any atom is 0.416 e. The molecule has 0 bridgehead atoms. The van der Waals surface area contributed by atoms with Gasteiger partial charge >= 0.3 is 6.18 Å². The van der Waals surface area contributed by atoms with Gasteiger partial charge in [-0.1, -0.05) is 11.6 Å². The standard InChI is InChI=1S/C13H16ClF3N2O2/c1-8(12(20)18-5-6-21-2)19-11-4-3-9(7-10(11)14)13(15,16)17/h3-4,7-8,19H,5-6H2,1-2H3,(H,18,20). The quantitative estimate of drug-likeness (QED) is 0.791. The number of carbonyl (C=O) groups is 1. The number of halogens is 4. The number of nitrogens with one attached hydrogen (secondary N) is 2. The maximum absolute atomic E-state index is 12.5. The van der Waals surface area contributed by atoms with Gasteiger partial charge in [0, 0.05) is 13.7 Å². The SMILES string of the molecule is COCCNC(=O)C(C)Nc1ccc(C(F)(F)F)cc1Cl. The van der Waals surface area contributed by atoms with Crippen LogP contribution >= 0.6 is 11.6 Å². The summed E-state index contributed by atoms with van der Waals surface area (Å²) in [7, 11) is 1.51. The van der Waals surface area contributed by atoms with Gasteiger partial charge in [0.25, 0.3) is 0 Å². The number of methoxy groups -OCH3 is 1. The molecular weight excluding hydrogens is 309 g/mol. The van der Waals surface area contributed by atoms with E-state index < -0.39 is 17.8 Å². The molecule has 0 aliphatic carbocycles. The number of alkyl halides is 3. The van der Waals surface area contributed by atoms with Crippen LogP contribution in [0.3, 0.4) is 0 Å². The molecule has 0 radical (unpaired) electrons. The van der Waals surface area contributed by atoms with Gasteiger partial charge in [0.2, 0.25) is 5.91 Å². The number of carbonyl (C=O) groups excluding carboxylic acids is 1. The van der Waals surface area contributed by atoms with Crippen molar-refractivity contribution in [3.8, 4) is 0 Å². The Morgan fingerprint density at radius 2 is 2.10 bits per heavy atom. The van der Waals surface area contributed by atoms with E-state index in [1.165, 1.54) is 13.2 Å². The Bertz CT molecular complexity index is 495. The normalized spacial score (nSPS) is 12.9. The van der Waals surface area contributed by atoms with Crippen molar-refractivity contribution in [1.29, 1.82) is 0 Å². The average Bonchev–Trinajstić information content (AvgIpc) is 2.39. The number of anilines is 1. The lowest BCUT2D eigenvalue weighted by atomic mass is 10.2. The molecule has 1 aromatic carbocycles. The lowest BCUT2D eigenvalue weighted by Gasteiger charge is -2.17. The highest BCUT2D eigenvalue weighted by Crippen LogP contribution is 2.33. The molecule has 0 aromatic heterocycles. The van der Waals surface area contributed by atoms with E-state index in [1.54, 1.807) is 6.92 Å². The molecule has 2 N–H and O–H groups in total. The predicted molar refractivity (Wildman–Crippen MR) is 74.4 cm³/mol. The van der Waals surface area contributed by atoms with E-state index in [-0.39, 0.29) is 16.6 Å². The Morgan fingerprint density at radius 1 is 1.43 bits per heavy atom. The summed E-state index contributed by atoms with van der Waals surface area (Å²) < 4.78 is 42.3. The van der Waals surface area contributed by atoms with Crippen molar-refractivity contribution < 1.29 is 22.7 Å². The molecule has 118 valence electrons. The van der Waals surface area contributed by atoms with Gasteiger partial charge in [-0.05, 0) is 25.1 Å². The molecule has 4 nitrogen and oxygen atoms in total. The van der Waals surface area contributed by atoms with Gasteiger partial charge in [-0.15, -0.1) is 0 Å². The van der Waals surface area contributed by atoms with Crippen molar-refractivity contribution in [3.63, 3.8) is 0 Å². The molecule has 0 aliphatic rings. The van der Waals surface area contributed by atoms with Crippen LogP contribution in [0.5, 0.6) is 0 Å². The predicted octanol–water partition coefficient (Wildman–Crippen LogP) is 2.92. The fourth-order valence-corrected chi connectivity index (χ4v) is 1.77. The van der Waals surface area contributed by atoms with E-state index in [2.05, 4.69) is 10.6 Å². The van der Waals surface area contributed by atoms with Gasteiger partial charge in [0.15, 0.2) is 0 Å². The first kappa shape index (κ1) is 17.6. The van der Waals surface area contributed by atoms with Gasteiger partial charge in [-0.2, -0.15) is 13.2 Å². The largest absolute Gasteiger partial charge is 0.416 e. The third-order valence-corrected chi connectivity index (χ3v) is 2.98. The Morgan fingerprint density at radius 3 is 2.62 bits per heavy atom. The molecule has 21 heavy (non-hydrogen) atoms. The highest BCUT2D eigenvalue weighted by molar-refractivity contribution is 6.33. The monoisotopic (exact) mass is 324 g/mol. The number of amides is 1. The van der Waals surface area contributed by atoms with E-state index in [0.29, 0.717) is 13.2 Å². The summed E-state index contributed by atoms with van der Waals surface area (Å²) in [4.78, 5) is 11.7. The highest BCUT2D eigenvalue weighted by atomic mass is 35.5. The topological polar surface area (TPSA) is 50.4 Å². The molecule has 1 rings (SSSR count). The van der Waals surface area contributed by atoms with Crippen molar-refractivity contribution in [2.75, 3.05) is 25.6 Å². The maximum atomic E-state index is 12.5. The second-order valence-electron chi connectivity index (χ2n) is 4.34. The zero-order chi connectivity index (χ0) is 16.0. The van der Waals surface area contributed by atoms with Gasteiger partial charge in [0.1, 0.15) is 6.04 Å². The molecule has 8 heteroatoms. The number of rotatable bonds is 6. The van der Waals surface area contributed by atoms with Crippen molar-refractivity contribution in [2.45, 2.75) is 19.1 Å². The minimum atomic E-state index is -4.45. The van der Waals surface area contributed by atoms with Crippen LogP contribution in [0.2, 0.25) is 5.02 Å². The van der Waals surface area contributed by atoms with Crippen LogP contribution in [0, 0.1) is 0 Å². The number of hydrogen-bond donors (Lipinski definition) is 2. The fraction of sp³-hybridized carbons (Fsp3) is 0.462. The summed E-state index contributed by atoms with van der Waals surface area (Å²) in [5, 5.41) is 5.28. The summed E-state index contributed by atoms with van der Waals surface area (Å²) >= 11 is 5.80. The third-order valence-electron chi connectivity index (χ3n) is 2.67. The van der Waals surface area contributed by atoms with Crippen LogP contribution in [0.15, 0.2) is 18.2 Å². The molecule has 0 fully saturated rings. The van der Waals surface area contributed by atoms with Crippen LogP contribution in [0.1, 0.15) is 12.5 Å². The fourth-order valence-electron chi connectivity index (χ4n) is 1.54. The minimum absolute atomic E-state index is 0.0960. The Balaban J connectivity index is 2.68. The minimum Gasteiger partial charge on any atom is -0.383 e. The summed E-state index contributed by atoms with van der Waals surface area (Å²) in [6.07, 6.45) is -4.45. The van der Waals surface area contributed by atoms with E-state index in [4.69, 9.17) is 16.3 Å². The highest BCUT2D eigenvalue weighted by Gasteiger charge is 2.31. The summed E-state index contributed by atoms with van der Waals surface area (Å²) in [5.74, 6) is -0.303. The first-order chi connectivity index (χ1) is 9.75. The Kier molecular flexibility index (Phi) is 6.29. The molecule has 1 atom stereocenters. The number of benzene rings is 1.